The molecule has 1 aromatic rings. The van der Waals surface area contributed by atoms with Gasteiger partial charge in [0.1, 0.15) is 0 Å². The zero-order valence-corrected chi connectivity index (χ0v) is 11.0. The number of nitrogens with one attached hydrogen (secondary N) is 1. The van der Waals surface area contributed by atoms with Crippen LogP contribution in [-0.4, -0.2) is 16.5 Å². The number of hydrogen-bond acceptors (Lipinski definition) is 2. The molecule has 0 saturated carbocycles. The highest BCUT2D eigenvalue weighted by Gasteiger charge is 2.30. The van der Waals surface area contributed by atoms with Gasteiger partial charge >= 0.3 is 0 Å². The fourth-order valence-corrected chi connectivity index (χ4v) is 4.07. The molecule has 1 heterocycles. The molecular formula is C13H19NOS. The first kappa shape index (κ1) is 11.8. The van der Waals surface area contributed by atoms with E-state index in [0.717, 1.165) is 23.6 Å². The molecule has 1 aliphatic rings. The molecule has 1 N–H and O–H groups in total. The van der Waals surface area contributed by atoms with E-state index in [2.05, 4.69) is 38.2 Å². The fourth-order valence-electron chi connectivity index (χ4n) is 2.34. The molecule has 16 heavy (non-hydrogen) atoms. The van der Waals surface area contributed by atoms with Gasteiger partial charge in [-0.15, -0.1) is 0 Å². The van der Waals surface area contributed by atoms with Crippen LogP contribution in [0.5, 0.6) is 0 Å². The maximum absolute atomic E-state index is 12.1. The lowest BCUT2D eigenvalue weighted by Crippen LogP contribution is -2.23. The Morgan fingerprint density at radius 2 is 2.06 bits per heavy atom. The van der Waals surface area contributed by atoms with Crippen LogP contribution < -0.4 is 5.32 Å². The van der Waals surface area contributed by atoms with Crippen molar-refractivity contribution < 1.29 is 4.21 Å². The zero-order chi connectivity index (χ0) is 11.7. The van der Waals surface area contributed by atoms with Gasteiger partial charge in [-0.1, -0.05) is 19.1 Å². The molecule has 2 nitrogen and oxygen atoms in total. The number of hydrogen-bond donors (Lipinski definition) is 1. The van der Waals surface area contributed by atoms with E-state index in [0.29, 0.717) is 0 Å². The second-order valence-corrected chi connectivity index (χ2v) is 5.89. The number of fused-ring (bicyclic) bond motifs is 1. The highest BCUT2D eigenvalue weighted by atomic mass is 32.2. The molecule has 3 heteroatoms. The van der Waals surface area contributed by atoms with E-state index in [1.54, 1.807) is 0 Å². The number of aryl methyl sites for hydroxylation is 2. The quantitative estimate of drug-likeness (QED) is 0.875. The molecule has 0 aromatic heterocycles. The first-order valence-electron chi connectivity index (χ1n) is 5.87. The van der Waals surface area contributed by atoms with Crippen molar-refractivity contribution in [3.63, 3.8) is 0 Å². The summed E-state index contributed by atoms with van der Waals surface area (Å²) in [7, 11) is -0.816. The van der Waals surface area contributed by atoms with Gasteiger partial charge in [0.25, 0.3) is 0 Å². The monoisotopic (exact) mass is 237 g/mol. The lowest BCUT2D eigenvalue weighted by Gasteiger charge is -2.14. The Morgan fingerprint density at radius 1 is 1.38 bits per heavy atom. The summed E-state index contributed by atoms with van der Waals surface area (Å²) in [6, 6.07) is 4.50. The summed E-state index contributed by atoms with van der Waals surface area (Å²) in [4.78, 5) is 1.08. The third kappa shape index (κ3) is 1.94. The largest absolute Gasteiger partial charge is 0.309 e. The minimum absolute atomic E-state index is 0.288. The number of benzene rings is 1. The van der Waals surface area contributed by atoms with Crippen LogP contribution in [0.3, 0.4) is 0 Å². The lowest BCUT2D eigenvalue weighted by molar-refractivity contribution is 0.574. The van der Waals surface area contributed by atoms with Gasteiger partial charge in [-0.25, -0.2) is 0 Å². The molecule has 0 saturated heterocycles. The third-order valence-corrected chi connectivity index (χ3v) is 4.78. The van der Waals surface area contributed by atoms with Gasteiger partial charge in [0.05, 0.1) is 10.8 Å². The molecule has 2 atom stereocenters. The molecule has 0 radical (unpaired) electrons. The average molecular weight is 237 g/mol. The Kier molecular flexibility index (Phi) is 3.45. The molecule has 2 unspecified atom stereocenters. The van der Waals surface area contributed by atoms with E-state index in [9.17, 15) is 4.21 Å². The van der Waals surface area contributed by atoms with Crippen LogP contribution >= 0.6 is 0 Å². The van der Waals surface area contributed by atoms with E-state index in [1.165, 1.54) is 16.7 Å². The van der Waals surface area contributed by atoms with Crippen LogP contribution in [0.2, 0.25) is 0 Å². The molecule has 0 bridgehead atoms. The van der Waals surface area contributed by atoms with Gasteiger partial charge in [-0.2, -0.15) is 0 Å². The van der Waals surface area contributed by atoms with Crippen molar-refractivity contribution in [3.05, 3.63) is 28.8 Å². The smallest absolute Gasteiger partial charge is 0.0555 e. The first-order valence-corrected chi connectivity index (χ1v) is 7.19. The zero-order valence-electron chi connectivity index (χ0n) is 10.2. The predicted molar refractivity (Wildman–Crippen MR) is 68.2 cm³/mol. The van der Waals surface area contributed by atoms with Crippen LogP contribution in [0, 0.1) is 13.8 Å². The normalized spacial score (nSPS) is 23.4. The van der Waals surface area contributed by atoms with Crippen molar-refractivity contribution >= 4 is 10.8 Å². The highest BCUT2D eigenvalue weighted by Crippen LogP contribution is 2.35. The van der Waals surface area contributed by atoms with Crippen molar-refractivity contribution in [1.29, 1.82) is 0 Å². The maximum Gasteiger partial charge on any atom is 0.0555 e. The van der Waals surface area contributed by atoms with Gasteiger partial charge < -0.3 is 5.32 Å². The summed E-state index contributed by atoms with van der Waals surface area (Å²) in [5, 5.41) is 3.49. The molecule has 0 fully saturated rings. The van der Waals surface area contributed by atoms with E-state index in [1.807, 2.05) is 0 Å². The molecule has 2 rings (SSSR count). The van der Waals surface area contributed by atoms with Crippen molar-refractivity contribution in [1.82, 2.24) is 5.32 Å². The van der Waals surface area contributed by atoms with Gasteiger partial charge in [-0.05, 0) is 43.5 Å². The summed E-state index contributed by atoms with van der Waals surface area (Å²) < 4.78 is 12.1. The molecule has 1 aromatic carbocycles. The summed E-state index contributed by atoms with van der Waals surface area (Å²) >= 11 is 0. The third-order valence-electron chi connectivity index (χ3n) is 3.15. The molecule has 88 valence electrons. The average Bonchev–Trinajstić information content (AvgIpc) is 2.59. The summed E-state index contributed by atoms with van der Waals surface area (Å²) in [5.74, 6) is 0.737. The predicted octanol–water partition coefficient (Wildman–Crippen LogP) is 2.47. The van der Waals surface area contributed by atoms with Gasteiger partial charge in [0.2, 0.25) is 0 Å². The minimum atomic E-state index is -0.816. The SMILES string of the molecule is CCCNC1CS(=O)c2c(C)ccc(C)c21. The van der Waals surface area contributed by atoms with Gasteiger partial charge in [-0.3, -0.25) is 4.21 Å². The second-order valence-electron chi connectivity index (χ2n) is 4.46. The Hall–Kier alpha value is -0.670. The Morgan fingerprint density at radius 3 is 2.75 bits per heavy atom. The fraction of sp³-hybridized carbons (Fsp3) is 0.538. The summed E-state index contributed by atoms with van der Waals surface area (Å²) in [6.07, 6.45) is 1.11. The summed E-state index contributed by atoms with van der Waals surface area (Å²) in [5.41, 5.74) is 3.71. The molecule has 0 spiro atoms. The standard InChI is InChI=1S/C13H19NOS/c1-4-7-14-11-8-16(15)13-10(3)6-5-9(2)12(11)13/h5-6,11,14H,4,7-8H2,1-3H3. The minimum Gasteiger partial charge on any atom is -0.309 e. The van der Waals surface area contributed by atoms with Crippen LogP contribution in [0.15, 0.2) is 17.0 Å². The number of rotatable bonds is 3. The van der Waals surface area contributed by atoms with Crippen molar-refractivity contribution in [2.24, 2.45) is 0 Å². The van der Waals surface area contributed by atoms with Gasteiger partial charge in [0.15, 0.2) is 0 Å². The Balaban J connectivity index is 2.40. The van der Waals surface area contributed by atoms with Crippen molar-refractivity contribution in [2.45, 2.75) is 38.1 Å². The van der Waals surface area contributed by atoms with E-state index >= 15 is 0 Å². The molecule has 0 amide bonds. The van der Waals surface area contributed by atoms with E-state index < -0.39 is 10.8 Å². The Labute approximate surface area is 99.9 Å². The second kappa shape index (κ2) is 4.68. The molecule has 1 aliphatic heterocycles. The Bertz CT molecular complexity index is 428. The molecular weight excluding hydrogens is 218 g/mol. The van der Waals surface area contributed by atoms with E-state index in [4.69, 9.17) is 0 Å². The first-order chi connectivity index (χ1) is 7.65. The topological polar surface area (TPSA) is 29.1 Å². The van der Waals surface area contributed by atoms with Crippen LogP contribution in [0.1, 0.15) is 36.1 Å². The summed E-state index contributed by atoms with van der Waals surface area (Å²) in [6.45, 7) is 7.32. The van der Waals surface area contributed by atoms with Gasteiger partial charge in [0, 0.05) is 16.7 Å². The van der Waals surface area contributed by atoms with Crippen LogP contribution in [-0.2, 0) is 10.8 Å². The van der Waals surface area contributed by atoms with Crippen LogP contribution in [0.25, 0.3) is 0 Å². The van der Waals surface area contributed by atoms with Crippen molar-refractivity contribution in [2.75, 3.05) is 12.3 Å². The lowest BCUT2D eigenvalue weighted by atomic mass is 10.00. The van der Waals surface area contributed by atoms with E-state index in [-0.39, 0.29) is 6.04 Å². The maximum atomic E-state index is 12.1. The molecule has 0 aliphatic carbocycles. The van der Waals surface area contributed by atoms with Crippen LogP contribution in [0.4, 0.5) is 0 Å². The van der Waals surface area contributed by atoms with Crippen molar-refractivity contribution in [3.8, 4) is 0 Å². The highest BCUT2D eigenvalue weighted by molar-refractivity contribution is 7.85.